The van der Waals surface area contributed by atoms with Crippen molar-refractivity contribution in [3.8, 4) is 0 Å². The molecule has 0 aromatic heterocycles. The van der Waals surface area contributed by atoms with Crippen LogP contribution >= 0.6 is 0 Å². The summed E-state index contributed by atoms with van der Waals surface area (Å²) in [5.41, 5.74) is 3.01. The van der Waals surface area contributed by atoms with Gasteiger partial charge in [0.25, 0.3) is 0 Å². The summed E-state index contributed by atoms with van der Waals surface area (Å²) in [5, 5.41) is 3.62. The maximum atomic E-state index is 3.62. The van der Waals surface area contributed by atoms with Crippen LogP contribution in [0.1, 0.15) is 44.1 Å². The van der Waals surface area contributed by atoms with E-state index in [0.29, 0.717) is 5.92 Å². The van der Waals surface area contributed by atoms with Crippen molar-refractivity contribution in [3.63, 3.8) is 0 Å². The second-order valence-corrected chi connectivity index (χ2v) is 5.23. The Hall–Kier alpha value is -1.34. The Labute approximate surface area is 117 Å². The van der Waals surface area contributed by atoms with Crippen LogP contribution in [0.2, 0.25) is 0 Å². The molecule has 0 aliphatic heterocycles. The summed E-state index contributed by atoms with van der Waals surface area (Å²) in [4.78, 5) is 0. The van der Waals surface area contributed by atoms with E-state index in [2.05, 4.69) is 60.8 Å². The van der Waals surface area contributed by atoms with Crippen molar-refractivity contribution in [2.45, 2.75) is 38.5 Å². The first kappa shape index (κ1) is 14.1. The lowest BCUT2D eigenvalue weighted by Gasteiger charge is -2.23. The predicted octanol–water partition coefficient (Wildman–Crippen LogP) is 4.44. The van der Waals surface area contributed by atoms with Crippen LogP contribution in [0.5, 0.6) is 0 Å². The van der Waals surface area contributed by atoms with Gasteiger partial charge in [0.1, 0.15) is 0 Å². The van der Waals surface area contributed by atoms with E-state index < -0.39 is 0 Å². The highest BCUT2D eigenvalue weighted by molar-refractivity contribution is 5.33. The molecule has 0 spiro atoms. The number of benzene rings is 1. The molecule has 0 amide bonds. The molecule has 102 valence electrons. The highest BCUT2D eigenvalue weighted by Crippen LogP contribution is 2.29. The van der Waals surface area contributed by atoms with Crippen LogP contribution in [-0.4, -0.2) is 13.1 Å². The molecule has 0 radical (unpaired) electrons. The quantitative estimate of drug-likeness (QED) is 0.710. The van der Waals surface area contributed by atoms with Crippen molar-refractivity contribution >= 4 is 0 Å². The minimum Gasteiger partial charge on any atom is -0.316 e. The Kier molecular flexibility index (Phi) is 5.90. The standard InChI is InChI=1S/C18H25N/c1-2-3-14-19-15-18(16-10-6-4-7-11-16)17-12-8-5-9-13-17/h4-8,10-12,18-19H,2-3,9,13-15H2,1H3. The minimum atomic E-state index is 0.531. The molecule has 1 aliphatic carbocycles. The molecule has 19 heavy (non-hydrogen) atoms. The van der Waals surface area contributed by atoms with Crippen LogP contribution in [0.15, 0.2) is 54.1 Å². The SMILES string of the molecule is CCCCNCC(C1=CC=CCC1)c1ccccc1. The fourth-order valence-electron chi connectivity index (χ4n) is 2.61. The molecule has 1 aromatic rings. The van der Waals surface area contributed by atoms with E-state index in [1.807, 2.05) is 0 Å². The number of hydrogen-bond acceptors (Lipinski definition) is 1. The van der Waals surface area contributed by atoms with Crippen LogP contribution in [0.3, 0.4) is 0 Å². The molecule has 0 bridgehead atoms. The zero-order valence-electron chi connectivity index (χ0n) is 11.9. The summed E-state index contributed by atoms with van der Waals surface area (Å²) in [6.45, 7) is 4.43. The highest BCUT2D eigenvalue weighted by atomic mass is 14.9. The Balaban J connectivity index is 2.05. The Morgan fingerprint density at radius 1 is 1.21 bits per heavy atom. The Morgan fingerprint density at radius 2 is 2.05 bits per heavy atom. The highest BCUT2D eigenvalue weighted by Gasteiger charge is 2.16. The minimum absolute atomic E-state index is 0.531. The monoisotopic (exact) mass is 255 g/mol. The van der Waals surface area contributed by atoms with Crippen molar-refractivity contribution in [2.24, 2.45) is 0 Å². The van der Waals surface area contributed by atoms with Gasteiger partial charge in [0.05, 0.1) is 0 Å². The van der Waals surface area contributed by atoms with Gasteiger partial charge in [-0.05, 0) is 31.4 Å². The third-order valence-electron chi connectivity index (χ3n) is 3.75. The number of allylic oxidation sites excluding steroid dienone is 3. The summed E-state index contributed by atoms with van der Waals surface area (Å²) in [5.74, 6) is 0.531. The van der Waals surface area contributed by atoms with Gasteiger partial charge >= 0.3 is 0 Å². The van der Waals surface area contributed by atoms with E-state index in [9.17, 15) is 0 Å². The largest absolute Gasteiger partial charge is 0.316 e. The molecule has 1 unspecified atom stereocenters. The molecular formula is C18H25N. The number of unbranched alkanes of at least 4 members (excludes halogenated alkanes) is 1. The van der Waals surface area contributed by atoms with Crippen molar-refractivity contribution in [1.82, 2.24) is 5.32 Å². The third-order valence-corrected chi connectivity index (χ3v) is 3.75. The second-order valence-electron chi connectivity index (χ2n) is 5.23. The fraction of sp³-hybridized carbons (Fsp3) is 0.444. The van der Waals surface area contributed by atoms with E-state index in [1.165, 1.54) is 31.2 Å². The molecule has 1 aromatic carbocycles. The number of hydrogen-bond donors (Lipinski definition) is 1. The zero-order chi connectivity index (χ0) is 13.3. The molecule has 0 saturated carbocycles. The van der Waals surface area contributed by atoms with E-state index in [4.69, 9.17) is 0 Å². The van der Waals surface area contributed by atoms with Gasteiger partial charge in [0, 0.05) is 12.5 Å². The molecule has 0 fully saturated rings. The predicted molar refractivity (Wildman–Crippen MR) is 83.4 cm³/mol. The lowest BCUT2D eigenvalue weighted by atomic mass is 9.86. The summed E-state index contributed by atoms with van der Waals surface area (Å²) in [7, 11) is 0. The van der Waals surface area contributed by atoms with E-state index in [0.717, 1.165) is 13.1 Å². The lowest BCUT2D eigenvalue weighted by molar-refractivity contribution is 0.591. The van der Waals surface area contributed by atoms with Gasteiger partial charge in [-0.25, -0.2) is 0 Å². The van der Waals surface area contributed by atoms with E-state index >= 15 is 0 Å². The summed E-state index contributed by atoms with van der Waals surface area (Å²) >= 11 is 0. The van der Waals surface area contributed by atoms with Gasteiger partial charge in [-0.1, -0.05) is 67.5 Å². The summed E-state index contributed by atoms with van der Waals surface area (Å²) in [6, 6.07) is 10.9. The van der Waals surface area contributed by atoms with Crippen LogP contribution in [0.25, 0.3) is 0 Å². The topological polar surface area (TPSA) is 12.0 Å². The van der Waals surface area contributed by atoms with E-state index in [-0.39, 0.29) is 0 Å². The molecule has 1 atom stereocenters. The van der Waals surface area contributed by atoms with Crippen molar-refractivity contribution < 1.29 is 0 Å². The fourth-order valence-corrected chi connectivity index (χ4v) is 2.61. The number of nitrogens with one attached hydrogen (secondary N) is 1. The van der Waals surface area contributed by atoms with Gasteiger partial charge in [-0.2, -0.15) is 0 Å². The first-order valence-corrected chi connectivity index (χ1v) is 7.53. The molecule has 1 heteroatoms. The Bertz CT molecular complexity index is 417. The maximum absolute atomic E-state index is 3.62. The Morgan fingerprint density at radius 3 is 2.74 bits per heavy atom. The maximum Gasteiger partial charge on any atom is 0.0176 e. The molecule has 1 aliphatic rings. The summed E-state index contributed by atoms with van der Waals surface area (Å²) < 4.78 is 0. The smallest absolute Gasteiger partial charge is 0.0176 e. The van der Waals surface area contributed by atoms with Gasteiger partial charge in [0.15, 0.2) is 0 Å². The molecule has 2 rings (SSSR count). The molecule has 1 nitrogen and oxygen atoms in total. The van der Waals surface area contributed by atoms with E-state index in [1.54, 1.807) is 5.57 Å². The van der Waals surface area contributed by atoms with Gasteiger partial charge < -0.3 is 5.32 Å². The van der Waals surface area contributed by atoms with Crippen molar-refractivity contribution in [1.29, 1.82) is 0 Å². The second kappa shape index (κ2) is 7.96. The molecular weight excluding hydrogens is 230 g/mol. The summed E-state index contributed by atoms with van der Waals surface area (Å²) in [6.07, 6.45) is 11.7. The van der Waals surface area contributed by atoms with Crippen LogP contribution in [-0.2, 0) is 0 Å². The number of rotatable bonds is 7. The lowest BCUT2D eigenvalue weighted by Crippen LogP contribution is -2.24. The third kappa shape index (κ3) is 4.36. The molecule has 1 N–H and O–H groups in total. The van der Waals surface area contributed by atoms with Crippen LogP contribution < -0.4 is 5.32 Å². The molecule has 0 saturated heterocycles. The van der Waals surface area contributed by atoms with Gasteiger partial charge in [-0.3, -0.25) is 0 Å². The molecule has 0 heterocycles. The van der Waals surface area contributed by atoms with Crippen molar-refractivity contribution in [2.75, 3.05) is 13.1 Å². The first-order valence-electron chi connectivity index (χ1n) is 7.53. The normalized spacial score (nSPS) is 16.2. The van der Waals surface area contributed by atoms with Crippen molar-refractivity contribution in [3.05, 3.63) is 59.7 Å². The van der Waals surface area contributed by atoms with Gasteiger partial charge in [-0.15, -0.1) is 0 Å². The first-order chi connectivity index (χ1) is 9.42. The van der Waals surface area contributed by atoms with Crippen LogP contribution in [0.4, 0.5) is 0 Å². The van der Waals surface area contributed by atoms with Crippen LogP contribution in [0, 0.1) is 0 Å². The zero-order valence-corrected chi connectivity index (χ0v) is 11.9. The average Bonchev–Trinajstić information content (AvgIpc) is 2.49. The average molecular weight is 255 g/mol. The van der Waals surface area contributed by atoms with Gasteiger partial charge in [0.2, 0.25) is 0 Å².